The molecule has 0 saturated carbocycles. The number of amides is 2. The van der Waals surface area contributed by atoms with E-state index in [-0.39, 0.29) is 18.0 Å². The summed E-state index contributed by atoms with van der Waals surface area (Å²) in [5.74, 6) is -14.8. The van der Waals surface area contributed by atoms with Gasteiger partial charge in [-0.25, -0.2) is 24.1 Å². The summed E-state index contributed by atoms with van der Waals surface area (Å²) in [7, 11) is 0. The molecule has 0 heterocycles. The predicted octanol–water partition coefficient (Wildman–Crippen LogP) is 1.28. The number of esters is 4. The Morgan fingerprint density at radius 3 is 1.10 bits per heavy atom. The Balaban J connectivity index is 7.48. The van der Waals surface area contributed by atoms with Gasteiger partial charge in [0.1, 0.15) is 22.4 Å². The summed E-state index contributed by atoms with van der Waals surface area (Å²) in [4.78, 5) is 110. The summed E-state index contributed by atoms with van der Waals surface area (Å²) in [5.41, 5.74) is -3.37. The van der Waals surface area contributed by atoms with E-state index < -0.39 is 81.6 Å². The molecule has 0 rings (SSSR count). The number of rotatable bonds is 16. The maximum atomic E-state index is 14.3. The molecule has 0 unspecified atom stereocenters. The van der Waals surface area contributed by atoms with E-state index in [4.69, 9.17) is 24.7 Å². The van der Waals surface area contributed by atoms with Crippen LogP contribution in [0.25, 0.3) is 0 Å². The van der Waals surface area contributed by atoms with Crippen molar-refractivity contribution in [2.24, 2.45) is 5.73 Å². The predicted molar refractivity (Wildman–Crippen MR) is 181 cm³/mol. The zero-order chi connectivity index (χ0) is 39.3. The summed E-state index contributed by atoms with van der Waals surface area (Å²) < 4.78 is 20.7. The molecule has 2 amide bonds. The number of ketones is 2. The number of nitrogens with one attached hydrogen (secondary N) is 2. The molecule has 4 N–H and O–H groups in total. The standard InChI is InChI=1S/C34H58N4O12/c1-30(2,3)47-26(43)22(39)34(23(40)27(44)48-31(4,5)6,16-21-37-19-14-13-18-36-20-15-17-35)38(24(41)28(45)49-32(7,8)9)25(42)29(46)50-33(10,11)12/h36-37H,13-21,35H2,1-12H3. The minimum Gasteiger partial charge on any atom is -0.454 e. The van der Waals surface area contributed by atoms with Crippen LogP contribution < -0.4 is 16.4 Å². The summed E-state index contributed by atoms with van der Waals surface area (Å²) in [6, 6.07) is 0. The molecule has 16 heteroatoms. The van der Waals surface area contributed by atoms with Gasteiger partial charge in [0.2, 0.25) is 0 Å². The SMILES string of the molecule is CC(C)(C)OC(=O)C(=O)N(C(=O)C(=O)OC(C)(C)C)C(CCNCCCCNCCCN)(C(=O)C(=O)OC(C)(C)C)C(=O)C(=O)OC(C)(C)C. The Bertz CT molecular complexity index is 1170. The number of imide groups is 1. The van der Waals surface area contributed by atoms with Crippen molar-refractivity contribution in [3.63, 3.8) is 0 Å². The van der Waals surface area contributed by atoms with Crippen molar-refractivity contribution in [2.75, 3.05) is 32.7 Å². The number of nitrogens with two attached hydrogens (primary N) is 1. The van der Waals surface area contributed by atoms with Crippen LogP contribution in [0.2, 0.25) is 0 Å². The molecule has 0 aliphatic heterocycles. The normalized spacial score (nSPS) is 12.4. The smallest absolute Gasteiger partial charge is 0.398 e. The van der Waals surface area contributed by atoms with Crippen molar-refractivity contribution < 1.29 is 57.3 Å². The highest BCUT2D eigenvalue weighted by molar-refractivity contribution is 6.56. The third kappa shape index (κ3) is 16.3. The third-order valence-electron chi connectivity index (χ3n) is 6.03. The van der Waals surface area contributed by atoms with Crippen LogP contribution in [0.4, 0.5) is 0 Å². The molecule has 0 aliphatic rings. The second-order valence-electron chi connectivity index (χ2n) is 15.6. The van der Waals surface area contributed by atoms with E-state index in [0.717, 1.165) is 13.0 Å². The van der Waals surface area contributed by atoms with Crippen LogP contribution in [-0.4, -0.2) is 113 Å². The molecule has 0 bridgehead atoms. The van der Waals surface area contributed by atoms with Gasteiger partial charge in [-0.1, -0.05) is 0 Å². The highest BCUT2D eigenvalue weighted by atomic mass is 16.6. The van der Waals surface area contributed by atoms with Crippen LogP contribution in [0, 0.1) is 0 Å². The fourth-order valence-corrected chi connectivity index (χ4v) is 4.14. The second-order valence-corrected chi connectivity index (χ2v) is 15.6. The molecule has 0 spiro atoms. The lowest BCUT2D eigenvalue weighted by Crippen LogP contribution is -2.70. The first-order valence-electron chi connectivity index (χ1n) is 16.6. The molecular formula is C34H58N4O12. The molecule has 50 heavy (non-hydrogen) atoms. The Labute approximate surface area is 295 Å². The van der Waals surface area contributed by atoms with Crippen molar-refractivity contribution in [3.8, 4) is 0 Å². The summed E-state index contributed by atoms with van der Waals surface area (Å²) in [6.45, 7) is 18.6. The van der Waals surface area contributed by atoms with E-state index in [1.807, 2.05) is 0 Å². The van der Waals surface area contributed by atoms with Crippen LogP contribution in [-0.2, 0) is 57.3 Å². The molecule has 0 radical (unpaired) electrons. The highest BCUT2D eigenvalue weighted by Crippen LogP contribution is 2.29. The van der Waals surface area contributed by atoms with Gasteiger partial charge in [0.15, 0.2) is 5.54 Å². The average Bonchev–Trinajstić information content (AvgIpc) is 2.92. The van der Waals surface area contributed by atoms with Gasteiger partial charge in [-0.15, -0.1) is 0 Å². The molecule has 0 fully saturated rings. The van der Waals surface area contributed by atoms with E-state index >= 15 is 0 Å². The van der Waals surface area contributed by atoms with Crippen LogP contribution in [0.15, 0.2) is 0 Å². The monoisotopic (exact) mass is 714 g/mol. The van der Waals surface area contributed by atoms with Crippen LogP contribution in [0.1, 0.15) is 109 Å². The molecule has 0 atom stereocenters. The lowest BCUT2D eigenvalue weighted by Gasteiger charge is -2.39. The van der Waals surface area contributed by atoms with E-state index in [1.165, 1.54) is 83.1 Å². The number of unbranched alkanes of at least 4 members (excludes halogenated alkanes) is 1. The minimum absolute atomic E-state index is 0.288. The molecule has 16 nitrogen and oxygen atoms in total. The van der Waals surface area contributed by atoms with Gasteiger partial charge in [0.05, 0.1) is 0 Å². The summed E-state index contributed by atoms with van der Waals surface area (Å²) in [6.07, 6.45) is 1.13. The Morgan fingerprint density at radius 1 is 0.480 bits per heavy atom. The number of hydrogen-bond donors (Lipinski definition) is 3. The lowest BCUT2D eigenvalue weighted by molar-refractivity contribution is -0.187. The summed E-state index contributed by atoms with van der Waals surface area (Å²) >= 11 is 0. The number of carbonyl (C=O) groups excluding carboxylic acids is 8. The molecular weight excluding hydrogens is 656 g/mol. The van der Waals surface area contributed by atoms with Gasteiger partial charge in [-0.3, -0.25) is 19.2 Å². The van der Waals surface area contributed by atoms with E-state index in [0.29, 0.717) is 25.9 Å². The average molecular weight is 715 g/mol. The zero-order valence-electron chi connectivity index (χ0n) is 31.8. The lowest BCUT2D eigenvalue weighted by atomic mass is 9.82. The fraction of sp³-hybridized carbons (Fsp3) is 0.765. The van der Waals surface area contributed by atoms with Crippen molar-refractivity contribution in [1.82, 2.24) is 15.5 Å². The topological polar surface area (TPSA) is 227 Å². The van der Waals surface area contributed by atoms with Crippen molar-refractivity contribution in [1.29, 1.82) is 0 Å². The maximum Gasteiger partial charge on any atom is 0.398 e. The van der Waals surface area contributed by atoms with Gasteiger partial charge in [0, 0.05) is 0 Å². The first-order chi connectivity index (χ1) is 22.6. The van der Waals surface area contributed by atoms with E-state index in [1.54, 1.807) is 0 Å². The Kier molecular flexibility index (Phi) is 17.6. The van der Waals surface area contributed by atoms with Crippen LogP contribution >= 0.6 is 0 Å². The Hall–Kier alpha value is -3.76. The highest BCUT2D eigenvalue weighted by Gasteiger charge is 2.63. The van der Waals surface area contributed by atoms with Crippen molar-refractivity contribution >= 4 is 47.3 Å². The van der Waals surface area contributed by atoms with Gasteiger partial charge in [0.25, 0.3) is 11.6 Å². The van der Waals surface area contributed by atoms with E-state index in [2.05, 4.69) is 10.6 Å². The number of carbonyl (C=O) groups is 8. The van der Waals surface area contributed by atoms with Gasteiger partial charge < -0.3 is 35.3 Å². The van der Waals surface area contributed by atoms with E-state index in [9.17, 15) is 38.4 Å². The van der Waals surface area contributed by atoms with Crippen molar-refractivity contribution in [3.05, 3.63) is 0 Å². The molecule has 0 aliphatic carbocycles. The van der Waals surface area contributed by atoms with Gasteiger partial charge in [-0.05, 0) is 141 Å². The number of ether oxygens (including phenoxy) is 4. The number of nitrogens with zero attached hydrogens (tertiary/aromatic N) is 1. The molecule has 0 aromatic carbocycles. The van der Waals surface area contributed by atoms with Gasteiger partial charge in [-0.2, -0.15) is 0 Å². The molecule has 0 aromatic rings. The molecule has 286 valence electrons. The molecule has 0 saturated heterocycles. The number of hydrogen-bond acceptors (Lipinski definition) is 15. The van der Waals surface area contributed by atoms with Gasteiger partial charge >= 0.3 is 35.7 Å². The van der Waals surface area contributed by atoms with Crippen molar-refractivity contribution in [2.45, 2.75) is 137 Å². The molecule has 0 aromatic heterocycles. The van der Waals surface area contributed by atoms with Crippen LogP contribution in [0.5, 0.6) is 0 Å². The Morgan fingerprint density at radius 2 is 0.780 bits per heavy atom. The third-order valence-corrected chi connectivity index (χ3v) is 6.03. The maximum absolute atomic E-state index is 14.3. The first kappa shape index (κ1) is 46.2. The number of Topliss-reactive ketones (excluding diaryl/α,β-unsaturated/α-hetero) is 2. The largest absolute Gasteiger partial charge is 0.454 e. The van der Waals surface area contributed by atoms with Crippen LogP contribution in [0.3, 0.4) is 0 Å². The zero-order valence-corrected chi connectivity index (χ0v) is 31.8. The minimum atomic E-state index is -3.47. The first-order valence-corrected chi connectivity index (χ1v) is 16.6. The quantitative estimate of drug-likeness (QED) is 0.0673. The summed E-state index contributed by atoms with van der Waals surface area (Å²) in [5, 5.41) is 6.17. The second kappa shape index (κ2) is 19.0. The fourth-order valence-electron chi connectivity index (χ4n) is 4.14.